The monoisotopic (exact) mass is 490 g/mol. The first-order valence-corrected chi connectivity index (χ1v) is 12.5. The molecule has 1 amide bonds. The van der Waals surface area contributed by atoms with Crippen LogP contribution >= 0.6 is 11.8 Å². The standard InChI is InChI=1S/C30H26N4OS/c1-30(2,21-10-4-3-5-11-21)32-29(35)25-13-6-7-14-28(25)36-23-16-17-24-26(33-34-27(24)20-23)18-15-22-12-8-9-19-31-22/h3-20H,1-2H3,(H,32,35)(H,33,34)/b18-15+. The highest BCUT2D eigenvalue weighted by atomic mass is 32.2. The van der Waals surface area contributed by atoms with Gasteiger partial charge in [-0.25, -0.2) is 0 Å². The second kappa shape index (κ2) is 10.2. The average molecular weight is 491 g/mol. The number of aromatic amines is 1. The van der Waals surface area contributed by atoms with Crippen LogP contribution in [0.5, 0.6) is 0 Å². The first-order valence-electron chi connectivity index (χ1n) is 11.7. The third-order valence-electron chi connectivity index (χ3n) is 5.94. The van der Waals surface area contributed by atoms with Crippen molar-refractivity contribution in [2.75, 3.05) is 0 Å². The lowest BCUT2D eigenvalue weighted by molar-refractivity contribution is 0.0909. The molecule has 0 saturated carbocycles. The molecule has 0 atom stereocenters. The molecule has 0 fully saturated rings. The van der Waals surface area contributed by atoms with E-state index in [4.69, 9.17) is 0 Å². The summed E-state index contributed by atoms with van der Waals surface area (Å²) in [5.41, 5.74) is 3.88. The summed E-state index contributed by atoms with van der Waals surface area (Å²) >= 11 is 1.56. The van der Waals surface area contributed by atoms with Crippen LogP contribution in [0.1, 0.15) is 41.2 Å². The molecule has 0 unspecified atom stereocenters. The summed E-state index contributed by atoms with van der Waals surface area (Å²) in [4.78, 5) is 19.5. The van der Waals surface area contributed by atoms with Gasteiger partial charge < -0.3 is 5.32 Å². The molecule has 178 valence electrons. The number of carbonyl (C=O) groups is 1. The number of amides is 1. The normalized spacial score (nSPS) is 11.7. The molecule has 0 aliphatic rings. The van der Waals surface area contributed by atoms with Crippen LogP contribution in [-0.4, -0.2) is 21.1 Å². The number of aromatic nitrogens is 3. The Morgan fingerprint density at radius 1 is 0.917 bits per heavy atom. The fourth-order valence-electron chi connectivity index (χ4n) is 4.00. The molecule has 2 N–H and O–H groups in total. The Balaban J connectivity index is 1.36. The maximum Gasteiger partial charge on any atom is 0.253 e. The van der Waals surface area contributed by atoms with Crippen LogP contribution < -0.4 is 5.32 Å². The predicted octanol–water partition coefficient (Wildman–Crippen LogP) is 6.94. The molecule has 6 heteroatoms. The van der Waals surface area contributed by atoms with Gasteiger partial charge >= 0.3 is 0 Å². The minimum atomic E-state index is -0.496. The van der Waals surface area contributed by atoms with Crippen molar-refractivity contribution in [3.8, 4) is 0 Å². The van der Waals surface area contributed by atoms with E-state index < -0.39 is 5.54 Å². The van der Waals surface area contributed by atoms with Crippen molar-refractivity contribution >= 4 is 40.7 Å². The maximum atomic E-state index is 13.3. The van der Waals surface area contributed by atoms with Gasteiger partial charge in [0.05, 0.1) is 28.0 Å². The lowest BCUT2D eigenvalue weighted by atomic mass is 9.94. The van der Waals surface area contributed by atoms with Crippen molar-refractivity contribution in [1.82, 2.24) is 20.5 Å². The fraction of sp³-hybridized carbons (Fsp3) is 0.100. The highest BCUT2D eigenvalue weighted by Crippen LogP contribution is 2.33. The molecule has 36 heavy (non-hydrogen) atoms. The van der Waals surface area contributed by atoms with Gasteiger partial charge in [0.1, 0.15) is 0 Å². The summed E-state index contributed by atoms with van der Waals surface area (Å²) in [5.74, 6) is -0.100. The highest BCUT2D eigenvalue weighted by Gasteiger charge is 2.24. The zero-order chi connectivity index (χ0) is 25.0. The number of rotatable bonds is 7. The van der Waals surface area contributed by atoms with E-state index in [1.807, 2.05) is 98.8 Å². The lowest BCUT2D eigenvalue weighted by Crippen LogP contribution is -2.41. The van der Waals surface area contributed by atoms with Crippen LogP contribution in [0.25, 0.3) is 23.1 Å². The Morgan fingerprint density at radius 3 is 2.50 bits per heavy atom. The lowest BCUT2D eigenvalue weighted by Gasteiger charge is -2.27. The van der Waals surface area contributed by atoms with E-state index in [9.17, 15) is 4.79 Å². The van der Waals surface area contributed by atoms with Crippen molar-refractivity contribution in [1.29, 1.82) is 0 Å². The van der Waals surface area contributed by atoms with Crippen LogP contribution in [0.15, 0.2) is 107 Å². The van der Waals surface area contributed by atoms with Gasteiger partial charge in [0.15, 0.2) is 0 Å². The summed E-state index contributed by atoms with van der Waals surface area (Å²) in [5, 5.41) is 11.8. The summed E-state index contributed by atoms with van der Waals surface area (Å²) in [6.45, 7) is 4.03. The van der Waals surface area contributed by atoms with Crippen LogP contribution in [-0.2, 0) is 5.54 Å². The average Bonchev–Trinajstić information content (AvgIpc) is 3.31. The number of pyridine rings is 1. The molecule has 5 nitrogen and oxygen atoms in total. The summed E-state index contributed by atoms with van der Waals surface area (Å²) in [6, 6.07) is 29.7. The second-order valence-electron chi connectivity index (χ2n) is 8.95. The zero-order valence-corrected chi connectivity index (χ0v) is 20.9. The zero-order valence-electron chi connectivity index (χ0n) is 20.1. The number of hydrogen-bond donors (Lipinski definition) is 2. The van der Waals surface area contributed by atoms with Crippen molar-refractivity contribution in [2.24, 2.45) is 0 Å². The van der Waals surface area contributed by atoms with Crippen molar-refractivity contribution < 1.29 is 4.79 Å². The Labute approximate surface area is 214 Å². The molecule has 0 aliphatic heterocycles. The Kier molecular flexibility index (Phi) is 6.69. The third kappa shape index (κ3) is 5.24. The van der Waals surface area contributed by atoms with E-state index >= 15 is 0 Å². The van der Waals surface area contributed by atoms with E-state index in [-0.39, 0.29) is 5.91 Å². The van der Waals surface area contributed by atoms with Crippen molar-refractivity contribution in [3.05, 3.63) is 120 Å². The number of carbonyl (C=O) groups excluding carboxylic acids is 1. The number of nitrogens with one attached hydrogen (secondary N) is 2. The van der Waals surface area contributed by atoms with Gasteiger partial charge in [0.2, 0.25) is 0 Å². The molecule has 0 aliphatic carbocycles. The molecular formula is C30H26N4OS. The highest BCUT2D eigenvalue weighted by molar-refractivity contribution is 7.99. The minimum Gasteiger partial charge on any atom is -0.343 e. The van der Waals surface area contributed by atoms with Crippen molar-refractivity contribution in [2.45, 2.75) is 29.2 Å². The first-order chi connectivity index (χ1) is 17.5. The van der Waals surface area contributed by atoms with E-state index in [1.165, 1.54) is 0 Å². The van der Waals surface area contributed by atoms with Gasteiger partial charge in [0, 0.05) is 21.4 Å². The number of nitrogens with zero attached hydrogens (tertiary/aromatic N) is 2. The first kappa shape index (κ1) is 23.6. The molecule has 3 aromatic carbocycles. The van der Waals surface area contributed by atoms with E-state index in [2.05, 4.69) is 38.7 Å². The van der Waals surface area contributed by atoms with Crippen LogP contribution in [0.2, 0.25) is 0 Å². The Bertz CT molecular complexity index is 1520. The van der Waals surface area contributed by atoms with Crippen LogP contribution in [0.4, 0.5) is 0 Å². The molecule has 0 radical (unpaired) electrons. The SMILES string of the molecule is CC(C)(NC(=O)c1ccccc1Sc1ccc2c(/C=C/c3ccccn3)n[nH]c2c1)c1ccccc1. The van der Waals surface area contributed by atoms with E-state index in [0.29, 0.717) is 5.56 Å². The third-order valence-corrected chi connectivity index (χ3v) is 7.01. The molecule has 0 bridgehead atoms. The van der Waals surface area contributed by atoms with Crippen LogP contribution in [0.3, 0.4) is 0 Å². The molecule has 2 heterocycles. The predicted molar refractivity (Wildman–Crippen MR) is 147 cm³/mol. The smallest absolute Gasteiger partial charge is 0.253 e. The fourth-order valence-corrected chi connectivity index (χ4v) is 4.98. The summed E-state index contributed by atoms with van der Waals surface area (Å²) in [6.07, 6.45) is 5.68. The molecule has 5 rings (SSSR count). The number of H-pyrrole nitrogens is 1. The number of hydrogen-bond acceptors (Lipinski definition) is 4. The van der Waals surface area contributed by atoms with Gasteiger partial charge in [-0.1, -0.05) is 60.3 Å². The second-order valence-corrected chi connectivity index (χ2v) is 10.1. The molecule has 5 aromatic rings. The molecule has 2 aromatic heterocycles. The van der Waals surface area contributed by atoms with E-state index in [0.717, 1.165) is 37.6 Å². The maximum absolute atomic E-state index is 13.3. The Hall–Kier alpha value is -4.16. The summed E-state index contributed by atoms with van der Waals surface area (Å²) in [7, 11) is 0. The minimum absolute atomic E-state index is 0.100. The van der Waals surface area contributed by atoms with Crippen molar-refractivity contribution in [3.63, 3.8) is 0 Å². The van der Waals surface area contributed by atoms with Gasteiger partial charge in [-0.15, -0.1) is 0 Å². The topological polar surface area (TPSA) is 70.7 Å². The van der Waals surface area contributed by atoms with Gasteiger partial charge in [-0.3, -0.25) is 14.9 Å². The van der Waals surface area contributed by atoms with E-state index in [1.54, 1.807) is 18.0 Å². The van der Waals surface area contributed by atoms with Crippen LogP contribution in [0, 0.1) is 0 Å². The van der Waals surface area contributed by atoms with Gasteiger partial charge in [-0.2, -0.15) is 5.10 Å². The quantitative estimate of drug-likeness (QED) is 0.259. The number of benzene rings is 3. The summed E-state index contributed by atoms with van der Waals surface area (Å²) < 4.78 is 0. The Morgan fingerprint density at radius 2 is 1.69 bits per heavy atom. The molecular weight excluding hydrogens is 464 g/mol. The largest absolute Gasteiger partial charge is 0.343 e. The molecule has 0 spiro atoms. The van der Waals surface area contributed by atoms with Gasteiger partial charge in [-0.05, 0) is 74.0 Å². The van der Waals surface area contributed by atoms with Gasteiger partial charge in [0.25, 0.3) is 5.91 Å². The number of fused-ring (bicyclic) bond motifs is 1. The molecule has 0 saturated heterocycles.